The second-order valence-electron chi connectivity index (χ2n) is 4.82. The van der Waals surface area contributed by atoms with E-state index in [0.29, 0.717) is 5.95 Å². The molecule has 0 aliphatic carbocycles. The molecule has 2 rings (SSSR count). The zero-order valence-electron chi connectivity index (χ0n) is 12.6. The van der Waals surface area contributed by atoms with Crippen LogP contribution in [-0.2, 0) is 13.6 Å². The van der Waals surface area contributed by atoms with Crippen molar-refractivity contribution < 1.29 is 0 Å². The van der Waals surface area contributed by atoms with Gasteiger partial charge in [0.2, 0.25) is 5.95 Å². The van der Waals surface area contributed by atoms with Crippen LogP contribution in [0.2, 0.25) is 0 Å². The summed E-state index contributed by atoms with van der Waals surface area (Å²) < 4.78 is 1.90. The fourth-order valence-electron chi connectivity index (χ4n) is 2.03. The minimum absolute atomic E-state index is 0.663. The van der Waals surface area contributed by atoms with Gasteiger partial charge in [0.25, 0.3) is 0 Å². The summed E-state index contributed by atoms with van der Waals surface area (Å²) in [6.45, 7) is 7.81. The lowest BCUT2D eigenvalue weighted by Gasteiger charge is -2.08. The molecular weight excluding hydrogens is 252 g/mol. The molecule has 0 aliphatic rings. The van der Waals surface area contributed by atoms with E-state index in [1.54, 1.807) is 6.20 Å². The van der Waals surface area contributed by atoms with E-state index in [-0.39, 0.29) is 0 Å². The smallest absolute Gasteiger partial charge is 0.224 e. The number of nitrogens with zero attached hydrogens (tertiary/aromatic N) is 4. The Morgan fingerprint density at radius 1 is 1.25 bits per heavy atom. The van der Waals surface area contributed by atoms with Crippen LogP contribution in [0, 0.1) is 13.8 Å². The van der Waals surface area contributed by atoms with Crippen LogP contribution in [0.15, 0.2) is 12.3 Å². The maximum atomic E-state index is 4.43. The van der Waals surface area contributed by atoms with Crippen molar-refractivity contribution in [3.05, 3.63) is 29.2 Å². The van der Waals surface area contributed by atoms with E-state index >= 15 is 0 Å². The van der Waals surface area contributed by atoms with Crippen molar-refractivity contribution in [2.24, 2.45) is 7.05 Å². The topological polar surface area (TPSA) is 67.7 Å². The average molecular weight is 274 g/mol. The van der Waals surface area contributed by atoms with Crippen LogP contribution < -0.4 is 10.6 Å². The third kappa shape index (κ3) is 3.26. The zero-order valence-corrected chi connectivity index (χ0v) is 12.6. The Labute approximate surface area is 119 Å². The molecule has 6 heteroatoms. The molecular formula is C14H22N6. The molecule has 0 amide bonds. The molecule has 2 heterocycles. The summed E-state index contributed by atoms with van der Waals surface area (Å²) in [6, 6.07) is 1.87. The standard InChI is InChI=1S/C14H22N6/c1-5-7-15-14-16-8-6-13(18-14)17-9-12-10(2)19-20(4)11(12)3/h6,8H,5,7,9H2,1-4H3,(H2,15,16,17,18). The fourth-order valence-corrected chi connectivity index (χ4v) is 2.03. The lowest BCUT2D eigenvalue weighted by atomic mass is 10.2. The van der Waals surface area contributed by atoms with E-state index in [2.05, 4.69) is 39.5 Å². The molecule has 108 valence electrons. The first-order valence-corrected chi connectivity index (χ1v) is 6.91. The third-order valence-electron chi connectivity index (χ3n) is 3.29. The van der Waals surface area contributed by atoms with Crippen LogP contribution in [0.5, 0.6) is 0 Å². The molecule has 0 fully saturated rings. The van der Waals surface area contributed by atoms with Crippen molar-refractivity contribution in [2.45, 2.75) is 33.7 Å². The number of hydrogen-bond donors (Lipinski definition) is 2. The Balaban J connectivity index is 2.03. The van der Waals surface area contributed by atoms with Crippen molar-refractivity contribution in [2.75, 3.05) is 17.2 Å². The number of nitrogens with one attached hydrogen (secondary N) is 2. The van der Waals surface area contributed by atoms with Gasteiger partial charge in [-0.2, -0.15) is 10.1 Å². The molecule has 0 spiro atoms. The lowest BCUT2D eigenvalue weighted by molar-refractivity contribution is 0.730. The van der Waals surface area contributed by atoms with Gasteiger partial charge in [0.15, 0.2) is 0 Å². The average Bonchev–Trinajstić information content (AvgIpc) is 2.68. The second kappa shape index (κ2) is 6.36. The minimum atomic E-state index is 0.663. The Bertz CT molecular complexity index is 575. The predicted octanol–water partition coefficient (Wildman–Crippen LogP) is 2.26. The summed E-state index contributed by atoms with van der Waals surface area (Å²) in [5.41, 5.74) is 3.44. The number of hydrogen-bond acceptors (Lipinski definition) is 5. The van der Waals surface area contributed by atoms with E-state index in [0.717, 1.165) is 31.0 Å². The number of aryl methyl sites for hydroxylation is 2. The van der Waals surface area contributed by atoms with Gasteiger partial charge in [-0.15, -0.1) is 0 Å². The summed E-state index contributed by atoms with van der Waals surface area (Å²) in [5, 5.41) is 10.9. The van der Waals surface area contributed by atoms with Gasteiger partial charge in [-0.3, -0.25) is 4.68 Å². The first kappa shape index (κ1) is 14.3. The van der Waals surface area contributed by atoms with E-state index in [1.807, 2.05) is 24.7 Å². The quantitative estimate of drug-likeness (QED) is 0.845. The van der Waals surface area contributed by atoms with Crippen LogP contribution in [0.4, 0.5) is 11.8 Å². The molecule has 20 heavy (non-hydrogen) atoms. The predicted molar refractivity (Wildman–Crippen MR) is 80.8 cm³/mol. The first-order valence-electron chi connectivity index (χ1n) is 6.91. The van der Waals surface area contributed by atoms with Gasteiger partial charge in [-0.05, 0) is 26.3 Å². The summed E-state index contributed by atoms with van der Waals surface area (Å²) in [5.74, 6) is 1.48. The molecule has 0 bridgehead atoms. The Morgan fingerprint density at radius 3 is 2.70 bits per heavy atom. The van der Waals surface area contributed by atoms with Crippen LogP contribution in [-0.4, -0.2) is 26.3 Å². The van der Waals surface area contributed by atoms with Gasteiger partial charge in [0.1, 0.15) is 5.82 Å². The monoisotopic (exact) mass is 274 g/mol. The molecule has 0 aliphatic heterocycles. The highest BCUT2D eigenvalue weighted by molar-refractivity contribution is 5.41. The highest BCUT2D eigenvalue weighted by atomic mass is 15.3. The van der Waals surface area contributed by atoms with Crippen LogP contribution in [0.1, 0.15) is 30.3 Å². The zero-order chi connectivity index (χ0) is 14.5. The molecule has 2 aromatic heterocycles. The minimum Gasteiger partial charge on any atom is -0.366 e. The third-order valence-corrected chi connectivity index (χ3v) is 3.29. The number of rotatable bonds is 6. The maximum absolute atomic E-state index is 4.43. The molecule has 6 nitrogen and oxygen atoms in total. The van der Waals surface area contributed by atoms with Gasteiger partial charge in [-0.25, -0.2) is 4.98 Å². The van der Waals surface area contributed by atoms with Gasteiger partial charge < -0.3 is 10.6 Å². The Morgan fingerprint density at radius 2 is 2.05 bits per heavy atom. The van der Waals surface area contributed by atoms with Gasteiger partial charge in [0.05, 0.1) is 5.69 Å². The fraction of sp³-hybridized carbons (Fsp3) is 0.500. The number of aromatic nitrogens is 4. The van der Waals surface area contributed by atoms with Crippen molar-refractivity contribution >= 4 is 11.8 Å². The Hall–Kier alpha value is -2.11. The van der Waals surface area contributed by atoms with Crippen molar-refractivity contribution in [1.82, 2.24) is 19.7 Å². The normalized spacial score (nSPS) is 10.6. The highest BCUT2D eigenvalue weighted by Gasteiger charge is 2.09. The van der Waals surface area contributed by atoms with Crippen molar-refractivity contribution in [3.63, 3.8) is 0 Å². The lowest BCUT2D eigenvalue weighted by Crippen LogP contribution is -2.08. The summed E-state index contributed by atoms with van der Waals surface area (Å²) in [6.07, 6.45) is 2.81. The van der Waals surface area contributed by atoms with Crippen LogP contribution >= 0.6 is 0 Å². The van der Waals surface area contributed by atoms with Gasteiger partial charge >= 0.3 is 0 Å². The molecule has 0 aromatic carbocycles. The highest BCUT2D eigenvalue weighted by Crippen LogP contribution is 2.14. The molecule has 0 saturated heterocycles. The first-order chi connectivity index (χ1) is 9.61. The van der Waals surface area contributed by atoms with Crippen LogP contribution in [0.3, 0.4) is 0 Å². The molecule has 0 atom stereocenters. The van der Waals surface area contributed by atoms with Gasteiger partial charge in [0, 0.05) is 37.6 Å². The van der Waals surface area contributed by atoms with E-state index in [9.17, 15) is 0 Å². The van der Waals surface area contributed by atoms with Crippen molar-refractivity contribution in [1.29, 1.82) is 0 Å². The van der Waals surface area contributed by atoms with E-state index < -0.39 is 0 Å². The van der Waals surface area contributed by atoms with E-state index in [4.69, 9.17) is 0 Å². The molecule has 2 aromatic rings. The summed E-state index contributed by atoms with van der Waals surface area (Å²) in [7, 11) is 1.96. The molecule has 2 N–H and O–H groups in total. The maximum Gasteiger partial charge on any atom is 0.224 e. The second-order valence-corrected chi connectivity index (χ2v) is 4.82. The Kier molecular flexibility index (Phi) is 4.55. The summed E-state index contributed by atoms with van der Waals surface area (Å²) >= 11 is 0. The summed E-state index contributed by atoms with van der Waals surface area (Å²) in [4.78, 5) is 8.62. The molecule has 0 unspecified atom stereocenters. The molecule has 0 saturated carbocycles. The van der Waals surface area contributed by atoms with Crippen molar-refractivity contribution in [3.8, 4) is 0 Å². The SMILES string of the molecule is CCCNc1nccc(NCc2c(C)nn(C)c2C)n1. The number of anilines is 2. The van der Waals surface area contributed by atoms with Crippen LogP contribution in [0.25, 0.3) is 0 Å². The largest absolute Gasteiger partial charge is 0.366 e. The van der Waals surface area contributed by atoms with E-state index in [1.165, 1.54) is 11.3 Å². The van der Waals surface area contributed by atoms with Gasteiger partial charge in [-0.1, -0.05) is 6.92 Å². The molecule has 0 radical (unpaired) electrons.